The minimum absolute atomic E-state index is 1.01. The molecule has 0 fully saturated rings. The van der Waals surface area contributed by atoms with E-state index in [9.17, 15) is 0 Å². The molecule has 40 heavy (non-hydrogen) atoms. The second-order valence-corrected chi connectivity index (χ2v) is 10.9. The minimum Gasteiger partial charge on any atom is -0.309 e. The Kier molecular flexibility index (Phi) is 5.24. The second kappa shape index (κ2) is 9.10. The van der Waals surface area contributed by atoms with Crippen molar-refractivity contribution in [1.82, 2.24) is 4.57 Å². The van der Waals surface area contributed by atoms with Crippen LogP contribution in [0.1, 0.15) is 23.6 Å². The summed E-state index contributed by atoms with van der Waals surface area (Å²) in [7, 11) is 0. The van der Waals surface area contributed by atoms with Crippen LogP contribution in [0.3, 0.4) is 0 Å². The van der Waals surface area contributed by atoms with Gasteiger partial charge < -0.3 is 4.57 Å². The fourth-order valence-electron chi connectivity index (χ4n) is 6.46. The van der Waals surface area contributed by atoms with Crippen molar-refractivity contribution >= 4 is 21.8 Å². The van der Waals surface area contributed by atoms with E-state index in [1.165, 1.54) is 77.6 Å². The fraction of sp³-hybridized carbons (Fsp3) is 0.0769. The summed E-state index contributed by atoms with van der Waals surface area (Å²) in [5.74, 6) is 0. The van der Waals surface area contributed by atoms with Gasteiger partial charge in [-0.25, -0.2) is 0 Å². The minimum atomic E-state index is 1.01. The van der Waals surface area contributed by atoms with Crippen LogP contribution in [0.2, 0.25) is 0 Å². The van der Waals surface area contributed by atoms with Gasteiger partial charge in [-0.1, -0.05) is 104 Å². The third-order valence-electron chi connectivity index (χ3n) is 8.63. The number of nitrogens with zero attached hydrogens (tertiary/aromatic N) is 1. The monoisotopic (exact) mass is 511 g/mol. The lowest BCUT2D eigenvalue weighted by Gasteiger charge is -2.11. The third-order valence-corrected chi connectivity index (χ3v) is 8.63. The Morgan fingerprint density at radius 1 is 0.500 bits per heavy atom. The number of benzene rings is 6. The summed E-state index contributed by atoms with van der Waals surface area (Å²) in [5, 5.41) is 2.58. The third kappa shape index (κ3) is 3.62. The lowest BCUT2D eigenvalue weighted by atomic mass is 9.96. The zero-order chi connectivity index (χ0) is 26.6. The van der Waals surface area contributed by atoms with Crippen LogP contribution in [0, 0.1) is 0 Å². The largest absolute Gasteiger partial charge is 0.309 e. The Morgan fingerprint density at radius 2 is 0.975 bits per heavy atom. The van der Waals surface area contributed by atoms with Gasteiger partial charge in [-0.3, -0.25) is 0 Å². The summed E-state index contributed by atoms with van der Waals surface area (Å²) >= 11 is 0. The van der Waals surface area contributed by atoms with Crippen molar-refractivity contribution < 1.29 is 0 Å². The van der Waals surface area contributed by atoms with Crippen molar-refractivity contribution in [3.63, 3.8) is 0 Å². The van der Waals surface area contributed by atoms with Crippen LogP contribution in [-0.2, 0) is 12.8 Å². The number of hydrogen-bond acceptors (Lipinski definition) is 0. The normalized spacial score (nSPS) is 12.1. The van der Waals surface area contributed by atoms with Gasteiger partial charge in [0.15, 0.2) is 0 Å². The SMILES string of the molecule is CCc1ccc(-c2ccc3c(c2)-c2cc(-c4ccc(-n5c6ccccc6c6ccccc65)cc4)ccc2C3)cc1. The molecule has 0 N–H and O–H groups in total. The van der Waals surface area contributed by atoms with Crippen LogP contribution in [0.25, 0.3) is 60.9 Å². The van der Waals surface area contributed by atoms with Gasteiger partial charge in [0.05, 0.1) is 11.0 Å². The van der Waals surface area contributed by atoms with Crippen LogP contribution in [-0.4, -0.2) is 4.57 Å². The maximum atomic E-state index is 2.39. The van der Waals surface area contributed by atoms with E-state index in [-0.39, 0.29) is 0 Å². The number of para-hydroxylation sites is 2. The van der Waals surface area contributed by atoms with Gasteiger partial charge in [0, 0.05) is 16.5 Å². The number of fused-ring (bicyclic) bond motifs is 6. The van der Waals surface area contributed by atoms with Crippen molar-refractivity contribution in [1.29, 1.82) is 0 Å². The van der Waals surface area contributed by atoms with Crippen LogP contribution in [0.4, 0.5) is 0 Å². The highest BCUT2D eigenvalue weighted by Gasteiger charge is 2.20. The number of rotatable bonds is 4. The molecule has 0 radical (unpaired) electrons. The highest BCUT2D eigenvalue weighted by Crippen LogP contribution is 2.41. The van der Waals surface area contributed by atoms with E-state index in [0.29, 0.717) is 0 Å². The van der Waals surface area contributed by atoms with Crippen molar-refractivity contribution in [2.75, 3.05) is 0 Å². The standard InChI is InChI=1S/C39H29N/c1-2-26-11-13-27(14-12-26)29-15-17-31-23-32-18-16-30(25-37(32)36(31)24-29)28-19-21-33(22-20-28)40-38-9-5-3-7-34(38)35-8-4-6-10-39(35)40/h3-22,24-25H,2,23H2,1H3. The van der Waals surface area contributed by atoms with Crippen molar-refractivity contribution in [3.05, 3.63) is 150 Å². The van der Waals surface area contributed by atoms with E-state index < -0.39 is 0 Å². The van der Waals surface area contributed by atoms with E-state index in [2.05, 4.69) is 145 Å². The topological polar surface area (TPSA) is 4.93 Å². The first-order chi connectivity index (χ1) is 19.8. The number of hydrogen-bond donors (Lipinski definition) is 0. The van der Waals surface area contributed by atoms with Crippen LogP contribution in [0.15, 0.2) is 133 Å². The van der Waals surface area contributed by atoms with Crippen LogP contribution < -0.4 is 0 Å². The van der Waals surface area contributed by atoms with E-state index >= 15 is 0 Å². The van der Waals surface area contributed by atoms with Gasteiger partial charge in [-0.15, -0.1) is 0 Å². The predicted molar refractivity (Wildman–Crippen MR) is 169 cm³/mol. The van der Waals surface area contributed by atoms with Crippen LogP contribution >= 0.6 is 0 Å². The molecule has 1 nitrogen and oxygen atoms in total. The molecule has 6 aromatic carbocycles. The fourth-order valence-corrected chi connectivity index (χ4v) is 6.46. The molecule has 0 atom stereocenters. The summed E-state index contributed by atoms with van der Waals surface area (Å²) in [6.07, 6.45) is 2.08. The molecule has 7 aromatic rings. The van der Waals surface area contributed by atoms with E-state index in [4.69, 9.17) is 0 Å². The highest BCUT2D eigenvalue weighted by molar-refractivity contribution is 6.09. The molecule has 1 heteroatoms. The molecular formula is C39H29N. The van der Waals surface area contributed by atoms with Crippen molar-refractivity contribution in [2.45, 2.75) is 19.8 Å². The Bertz CT molecular complexity index is 1990. The molecule has 0 amide bonds. The summed E-state index contributed by atoms with van der Waals surface area (Å²) in [6.45, 7) is 2.21. The summed E-state index contributed by atoms with van der Waals surface area (Å²) in [4.78, 5) is 0. The molecule has 190 valence electrons. The molecule has 0 aliphatic heterocycles. The van der Waals surface area contributed by atoms with E-state index in [0.717, 1.165) is 12.8 Å². The molecule has 8 rings (SSSR count). The first-order valence-corrected chi connectivity index (χ1v) is 14.2. The van der Waals surface area contributed by atoms with Gasteiger partial charge in [-0.2, -0.15) is 0 Å². The predicted octanol–water partition coefficient (Wildman–Crippen LogP) is 10.3. The van der Waals surface area contributed by atoms with Crippen molar-refractivity contribution in [3.8, 4) is 39.1 Å². The van der Waals surface area contributed by atoms with Gasteiger partial charge in [0.2, 0.25) is 0 Å². The molecule has 0 bridgehead atoms. The van der Waals surface area contributed by atoms with E-state index in [1.807, 2.05) is 0 Å². The summed E-state index contributed by atoms with van der Waals surface area (Å²) in [6, 6.07) is 49.4. The van der Waals surface area contributed by atoms with Gasteiger partial charge in [-0.05, 0) is 99.3 Å². The molecule has 0 saturated carbocycles. The Balaban J connectivity index is 1.17. The maximum absolute atomic E-state index is 2.39. The lowest BCUT2D eigenvalue weighted by molar-refractivity contribution is 1.14. The first-order valence-electron chi connectivity index (χ1n) is 14.2. The summed E-state index contributed by atoms with van der Waals surface area (Å²) < 4.78 is 2.38. The molecule has 0 spiro atoms. The van der Waals surface area contributed by atoms with Gasteiger partial charge in [0.25, 0.3) is 0 Å². The molecule has 0 unspecified atom stereocenters. The van der Waals surface area contributed by atoms with Crippen LogP contribution in [0.5, 0.6) is 0 Å². The van der Waals surface area contributed by atoms with E-state index in [1.54, 1.807) is 0 Å². The quantitative estimate of drug-likeness (QED) is 0.221. The smallest absolute Gasteiger partial charge is 0.0541 e. The average Bonchev–Trinajstić information content (AvgIpc) is 3.56. The Morgan fingerprint density at radius 3 is 1.50 bits per heavy atom. The summed E-state index contributed by atoms with van der Waals surface area (Å²) in [5.41, 5.74) is 15.7. The zero-order valence-corrected chi connectivity index (χ0v) is 22.6. The number of aromatic nitrogens is 1. The maximum Gasteiger partial charge on any atom is 0.0541 e. The molecular weight excluding hydrogens is 482 g/mol. The highest BCUT2D eigenvalue weighted by atomic mass is 15.0. The number of aryl methyl sites for hydroxylation is 1. The van der Waals surface area contributed by atoms with Gasteiger partial charge in [0.1, 0.15) is 0 Å². The molecule has 1 aliphatic carbocycles. The molecule has 0 saturated heterocycles. The first kappa shape index (κ1) is 23.0. The molecule has 1 aliphatic rings. The molecule has 1 heterocycles. The average molecular weight is 512 g/mol. The zero-order valence-electron chi connectivity index (χ0n) is 22.6. The lowest BCUT2D eigenvalue weighted by Crippen LogP contribution is -1.93. The Labute approximate surface area is 235 Å². The van der Waals surface area contributed by atoms with Crippen molar-refractivity contribution in [2.24, 2.45) is 0 Å². The second-order valence-electron chi connectivity index (χ2n) is 10.9. The molecule has 1 aromatic heterocycles. The van der Waals surface area contributed by atoms with Gasteiger partial charge >= 0.3 is 0 Å². The Hall–Kier alpha value is -4.88.